The summed E-state index contributed by atoms with van der Waals surface area (Å²) < 4.78 is 0. The van der Waals surface area contributed by atoms with E-state index >= 15 is 0 Å². The minimum Gasteiger partial charge on any atom is -0.370 e. The quantitative estimate of drug-likeness (QED) is 0.343. The third-order valence-electron chi connectivity index (χ3n) is 3.45. The van der Waals surface area contributed by atoms with Crippen molar-refractivity contribution in [3.05, 3.63) is 12.2 Å². The van der Waals surface area contributed by atoms with Crippen LogP contribution in [0.4, 0.5) is 0 Å². The number of likely N-dealkylation sites (tertiary alicyclic amines) is 1. The van der Waals surface area contributed by atoms with E-state index < -0.39 is 17.9 Å². The standard InChI is InChI=1S/C14H22N4O5/c1-3-5-13(21)18(9-19)23-16-11(8-12(15)20)14(22)17-7-4-6-10(17)2/h3,5,9-11,16H,4,6-8H2,1-2H3,(H2,15,20)/b5-3-. The number of primary amides is 1. The highest BCUT2D eigenvalue weighted by Crippen LogP contribution is 2.18. The summed E-state index contributed by atoms with van der Waals surface area (Å²) in [4.78, 5) is 52.5. The van der Waals surface area contributed by atoms with E-state index in [-0.39, 0.29) is 24.8 Å². The molecule has 1 fully saturated rings. The minimum atomic E-state index is -1.08. The van der Waals surface area contributed by atoms with Gasteiger partial charge in [0, 0.05) is 18.7 Å². The van der Waals surface area contributed by atoms with Gasteiger partial charge >= 0.3 is 0 Å². The molecule has 1 heterocycles. The van der Waals surface area contributed by atoms with Crippen LogP contribution >= 0.6 is 0 Å². The molecule has 2 unspecified atom stereocenters. The molecule has 0 bridgehead atoms. The van der Waals surface area contributed by atoms with E-state index in [0.717, 1.165) is 18.9 Å². The van der Waals surface area contributed by atoms with Gasteiger partial charge in [-0.05, 0) is 26.7 Å². The van der Waals surface area contributed by atoms with Gasteiger partial charge in [-0.2, -0.15) is 10.4 Å². The fraction of sp³-hybridized carbons (Fsp3) is 0.571. The van der Waals surface area contributed by atoms with Crippen molar-refractivity contribution < 1.29 is 24.1 Å². The van der Waals surface area contributed by atoms with Crippen LogP contribution in [0.5, 0.6) is 0 Å². The summed E-state index contributed by atoms with van der Waals surface area (Å²) in [6, 6.07) is -1.03. The number of nitrogens with one attached hydrogen (secondary N) is 1. The predicted octanol–water partition coefficient (Wildman–Crippen LogP) is -0.761. The Labute approximate surface area is 134 Å². The Morgan fingerprint density at radius 1 is 1.48 bits per heavy atom. The first kappa shape index (κ1) is 18.8. The molecule has 0 aromatic rings. The number of imide groups is 1. The average Bonchev–Trinajstić information content (AvgIpc) is 2.92. The lowest BCUT2D eigenvalue weighted by molar-refractivity contribution is -0.210. The summed E-state index contributed by atoms with van der Waals surface area (Å²) >= 11 is 0. The highest BCUT2D eigenvalue weighted by molar-refractivity contribution is 5.93. The number of hydrogen-bond donors (Lipinski definition) is 2. The molecule has 23 heavy (non-hydrogen) atoms. The van der Waals surface area contributed by atoms with Crippen molar-refractivity contribution in [2.75, 3.05) is 6.54 Å². The molecule has 0 aromatic carbocycles. The Bertz CT molecular complexity index is 494. The van der Waals surface area contributed by atoms with Gasteiger partial charge in [-0.3, -0.25) is 19.2 Å². The van der Waals surface area contributed by atoms with Crippen LogP contribution in [0, 0.1) is 0 Å². The van der Waals surface area contributed by atoms with Crippen LogP contribution in [-0.2, 0) is 24.1 Å². The van der Waals surface area contributed by atoms with Crippen LogP contribution in [0.2, 0.25) is 0 Å². The molecule has 1 rings (SSSR count). The van der Waals surface area contributed by atoms with Gasteiger partial charge in [0.2, 0.25) is 18.2 Å². The van der Waals surface area contributed by atoms with Crippen molar-refractivity contribution in [1.82, 2.24) is 15.4 Å². The third-order valence-corrected chi connectivity index (χ3v) is 3.45. The molecule has 128 valence electrons. The van der Waals surface area contributed by atoms with Crippen LogP contribution in [-0.4, -0.2) is 52.7 Å². The molecule has 0 radical (unpaired) electrons. The van der Waals surface area contributed by atoms with E-state index in [2.05, 4.69) is 5.48 Å². The second kappa shape index (κ2) is 9.01. The zero-order chi connectivity index (χ0) is 17.4. The van der Waals surface area contributed by atoms with Gasteiger partial charge in [-0.15, -0.1) is 5.06 Å². The van der Waals surface area contributed by atoms with E-state index in [9.17, 15) is 19.2 Å². The van der Waals surface area contributed by atoms with Gasteiger partial charge in [0.05, 0.1) is 6.42 Å². The zero-order valence-electron chi connectivity index (χ0n) is 13.2. The van der Waals surface area contributed by atoms with Crippen molar-refractivity contribution >= 4 is 24.1 Å². The number of nitrogens with two attached hydrogens (primary N) is 1. The summed E-state index contributed by atoms with van der Waals surface area (Å²) in [6.45, 7) is 4.08. The first-order valence-corrected chi connectivity index (χ1v) is 7.33. The maximum Gasteiger partial charge on any atom is 0.278 e. The lowest BCUT2D eigenvalue weighted by Gasteiger charge is -2.27. The maximum absolute atomic E-state index is 12.5. The summed E-state index contributed by atoms with van der Waals surface area (Å²) in [7, 11) is 0. The predicted molar refractivity (Wildman–Crippen MR) is 80.0 cm³/mol. The largest absolute Gasteiger partial charge is 0.370 e. The molecular weight excluding hydrogens is 304 g/mol. The number of carbonyl (C=O) groups is 4. The van der Waals surface area contributed by atoms with Crippen LogP contribution in [0.25, 0.3) is 0 Å². The Hall–Kier alpha value is -2.26. The molecule has 0 aromatic heterocycles. The van der Waals surface area contributed by atoms with Crippen molar-refractivity contribution in [2.24, 2.45) is 5.73 Å². The van der Waals surface area contributed by atoms with Crippen molar-refractivity contribution in [3.63, 3.8) is 0 Å². The smallest absolute Gasteiger partial charge is 0.278 e. The highest BCUT2D eigenvalue weighted by Gasteiger charge is 2.32. The first-order chi connectivity index (χ1) is 10.9. The average molecular weight is 326 g/mol. The summed E-state index contributed by atoms with van der Waals surface area (Å²) in [6.07, 6.45) is 4.13. The number of carbonyl (C=O) groups excluding carboxylic acids is 4. The number of nitrogens with zero attached hydrogens (tertiary/aromatic N) is 2. The van der Waals surface area contributed by atoms with Gasteiger partial charge in [-0.25, -0.2) is 0 Å². The maximum atomic E-state index is 12.5. The molecule has 1 saturated heterocycles. The van der Waals surface area contributed by atoms with E-state index in [1.54, 1.807) is 11.8 Å². The number of amides is 4. The molecule has 4 amide bonds. The number of allylic oxidation sites excluding steroid dienone is 1. The monoisotopic (exact) mass is 326 g/mol. The Morgan fingerprint density at radius 2 is 2.17 bits per heavy atom. The minimum absolute atomic E-state index is 0.0477. The van der Waals surface area contributed by atoms with E-state index in [4.69, 9.17) is 10.7 Å². The van der Waals surface area contributed by atoms with E-state index in [1.807, 2.05) is 6.92 Å². The molecular formula is C14H22N4O5. The second-order valence-electron chi connectivity index (χ2n) is 5.22. The van der Waals surface area contributed by atoms with Crippen molar-refractivity contribution in [1.29, 1.82) is 0 Å². The van der Waals surface area contributed by atoms with Crippen molar-refractivity contribution in [3.8, 4) is 0 Å². The first-order valence-electron chi connectivity index (χ1n) is 7.33. The fourth-order valence-corrected chi connectivity index (χ4v) is 2.30. The van der Waals surface area contributed by atoms with Gasteiger partial charge in [0.25, 0.3) is 5.91 Å². The van der Waals surface area contributed by atoms with Gasteiger partial charge in [0.1, 0.15) is 6.04 Å². The Kier molecular flexibility index (Phi) is 7.36. The number of hydrogen-bond acceptors (Lipinski definition) is 6. The van der Waals surface area contributed by atoms with Gasteiger partial charge in [-0.1, -0.05) is 6.08 Å². The lowest BCUT2D eigenvalue weighted by atomic mass is 10.1. The normalized spacial score (nSPS) is 18.9. The Balaban J connectivity index is 2.74. The molecule has 9 nitrogen and oxygen atoms in total. The molecule has 1 aliphatic heterocycles. The van der Waals surface area contributed by atoms with Crippen LogP contribution in [0.15, 0.2) is 12.2 Å². The van der Waals surface area contributed by atoms with Crippen LogP contribution in [0.1, 0.15) is 33.1 Å². The summed E-state index contributed by atoms with van der Waals surface area (Å²) in [5.41, 5.74) is 7.43. The zero-order valence-corrected chi connectivity index (χ0v) is 13.2. The summed E-state index contributed by atoms with van der Waals surface area (Å²) in [5, 5.41) is 0.384. The third kappa shape index (κ3) is 5.46. The molecule has 0 spiro atoms. The molecule has 0 saturated carbocycles. The van der Waals surface area contributed by atoms with Crippen LogP contribution in [0.3, 0.4) is 0 Å². The molecule has 0 aliphatic carbocycles. The molecule has 1 aliphatic rings. The fourth-order valence-electron chi connectivity index (χ4n) is 2.30. The molecule has 9 heteroatoms. The lowest BCUT2D eigenvalue weighted by Crippen LogP contribution is -2.51. The van der Waals surface area contributed by atoms with Gasteiger partial charge in [0.15, 0.2) is 0 Å². The Morgan fingerprint density at radius 3 is 2.65 bits per heavy atom. The summed E-state index contributed by atoms with van der Waals surface area (Å²) in [5.74, 6) is -1.79. The van der Waals surface area contributed by atoms with E-state index in [0.29, 0.717) is 11.6 Å². The topological polar surface area (TPSA) is 122 Å². The number of hydroxylamine groups is 3. The SMILES string of the molecule is C/C=C\C(=O)N(C=O)ONC(CC(N)=O)C(=O)N1CCCC1C. The second-order valence-corrected chi connectivity index (χ2v) is 5.22. The molecule has 3 N–H and O–H groups in total. The van der Waals surface area contributed by atoms with E-state index in [1.165, 1.54) is 6.08 Å². The van der Waals surface area contributed by atoms with Gasteiger partial charge < -0.3 is 10.6 Å². The van der Waals surface area contributed by atoms with Crippen LogP contribution < -0.4 is 11.2 Å². The highest BCUT2D eigenvalue weighted by atomic mass is 16.8. The van der Waals surface area contributed by atoms with Crippen molar-refractivity contribution in [2.45, 2.75) is 45.2 Å². The number of rotatable bonds is 8. The molecule has 2 atom stereocenters.